The number of pyridine rings is 1. The van der Waals surface area contributed by atoms with Crippen molar-refractivity contribution >= 4 is 11.6 Å². The van der Waals surface area contributed by atoms with Gasteiger partial charge in [0, 0.05) is 24.7 Å². The zero-order valence-electron chi connectivity index (χ0n) is 12.7. The molecule has 0 radical (unpaired) electrons. The Labute approximate surface area is 128 Å². The number of rotatable bonds is 4. The average molecular weight is 303 g/mol. The normalized spacial score (nSPS) is 21.9. The van der Waals surface area contributed by atoms with Crippen LogP contribution in [0.4, 0.5) is 0 Å². The van der Waals surface area contributed by atoms with Crippen LogP contribution in [0.15, 0.2) is 29.2 Å². The number of hydrogen-bond acceptors (Lipinski definition) is 4. The zero-order valence-corrected chi connectivity index (χ0v) is 12.7. The highest BCUT2D eigenvalue weighted by atomic mass is 16.2. The van der Waals surface area contributed by atoms with E-state index in [1.807, 2.05) is 6.07 Å². The molecule has 0 saturated carbocycles. The smallest absolute Gasteiger partial charge is 0.350 e. The van der Waals surface area contributed by atoms with Gasteiger partial charge in [0.1, 0.15) is 0 Å². The summed E-state index contributed by atoms with van der Waals surface area (Å²) in [6, 6.07) is 6.04. The lowest BCUT2D eigenvalue weighted by Crippen LogP contribution is -2.46. The Morgan fingerprint density at radius 2 is 2.36 bits per heavy atom. The molecule has 22 heavy (non-hydrogen) atoms. The Hall–Kier alpha value is -2.15. The predicted molar refractivity (Wildman–Crippen MR) is 82.7 cm³/mol. The van der Waals surface area contributed by atoms with Crippen molar-refractivity contribution in [2.75, 3.05) is 6.54 Å². The quantitative estimate of drug-likeness (QED) is 0.842. The number of piperidine rings is 1. The van der Waals surface area contributed by atoms with Gasteiger partial charge in [-0.05, 0) is 38.4 Å². The minimum Gasteiger partial charge on any atom is -0.353 e. The lowest BCUT2D eigenvalue weighted by atomic mass is 10.0. The summed E-state index contributed by atoms with van der Waals surface area (Å²) in [5.41, 5.74) is 0.388. The standard InChI is InChI=1S/C15H21N5O2/c1-11-10-12(5-7-16-11)17-14(21)6-9-20-15(22)19-8-3-2-4-13(19)18-20/h2-4,8,11-12,16H,5-7,9-10H2,1H3,(H,17,21). The zero-order chi connectivity index (χ0) is 15.5. The van der Waals surface area contributed by atoms with Gasteiger partial charge >= 0.3 is 5.69 Å². The van der Waals surface area contributed by atoms with Gasteiger partial charge in [0.25, 0.3) is 0 Å². The topological polar surface area (TPSA) is 80.4 Å². The molecule has 1 aliphatic rings. The number of aryl methyl sites for hydroxylation is 1. The monoisotopic (exact) mass is 303 g/mol. The van der Waals surface area contributed by atoms with Gasteiger partial charge in [0.05, 0.1) is 6.54 Å². The summed E-state index contributed by atoms with van der Waals surface area (Å²) >= 11 is 0. The van der Waals surface area contributed by atoms with Crippen LogP contribution in [0.3, 0.4) is 0 Å². The number of nitrogens with one attached hydrogen (secondary N) is 2. The first-order chi connectivity index (χ1) is 10.6. The minimum absolute atomic E-state index is 0.0249. The molecule has 3 heterocycles. The lowest BCUT2D eigenvalue weighted by molar-refractivity contribution is -0.122. The van der Waals surface area contributed by atoms with Gasteiger partial charge in [-0.3, -0.25) is 9.20 Å². The van der Waals surface area contributed by atoms with Gasteiger partial charge in [0.15, 0.2) is 5.65 Å². The van der Waals surface area contributed by atoms with Gasteiger partial charge in [-0.25, -0.2) is 9.48 Å². The Morgan fingerprint density at radius 1 is 1.50 bits per heavy atom. The van der Waals surface area contributed by atoms with E-state index in [1.165, 1.54) is 9.08 Å². The van der Waals surface area contributed by atoms with Crippen molar-refractivity contribution in [2.24, 2.45) is 0 Å². The van der Waals surface area contributed by atoms with Crippen molar-refractivity contribution in [3.63, 3.8) is 0 Å². The van der Waals surface area contributed by atoms with Crippen LogP contribution in [0.2, 0.25) is 0 Å². The number of carbonyl (C=O) groups excluding carboxylic acids is 1. The molecule has 0 spiro atoms. The maximum absolute atomic E-state index is 12.1. The van der Waals surface area contributed by atoms with E-state index in [0.29, 0.717) is 18.2 Å². The SMILES string of the molecule is CC1CC(NC(=O)CCn2nc3ccccn3c2=O)CCN1. The molecule has 2 aromatic heterocycles. The van der Waals surface area contributed by atoms with E-state index in [9.17, 15) is 9.59 Å². The van der Waals surface area contributed by atoms with E-state index in [2.05, 4.69) is 22.7 Å². The highest BCUT2D eigenvalue weighted by Crippen LogP contribution is 2.08. The number of aromatic nitrogens is 3. The highest BCUT2D eigenvalue weighted by molar-refractivity contribution is 5.76. The van der Waals surface area contributed by atoms with Crippen molar-refractivity contribution < 1.29 is 4.79 Å². The second-order valence-corrected chi connectivity index (χ2v) is 5.83. The third kappa shape index (κ3) is 3.19. The minimum atomic E-state index is -0.209. The molecule has 7 nitrogen and oxygen atoms in total. The molecule has 0 aromatic carbocycles. The van der Waals surface area contributed by atoms with Crippen LogP contribution in [0.5, 0.6) is 0 Å². The molecule has 2 unspecified atom stereocenters. The van der Waals surface area contributed by atoms with Gasteiger partial charge in [0.2, 0.25) is 5.91 Å². The van der Waals surface area contributed by atoms with E-state index in [0.717, 1.165) is 19.4 Å². The van der Waals surface area contributed by atoms with E-state index in [1.54, 1.807) is 18.3 Å². The summed E-state index contributed by atoms with van der Waals surface area (Å²) in [5, 5.41) is 10.6. The summed E-state index contributed by atoms with van der Waals surface area (Å²) < 4.78 is 2.83. The summed E-state index contributed by atoms with van der Waals surface area (Å²) in [6.45, 7) is 3.35. The van der Waals surface area contributed by atoms with Gasteiger partial charge in [-0.2, -0.15) is 0 Å². The molecule has 1 aliphatic heterocycles. The number of nitrogens with zero attached hydrogens (tertiary/aromatic N) is 3. The van der Waals surface area contributed by atoms with Gasteiger partial charge < -0.3 is 10.6 Å². The summed E-state index contributed by atoms with van der Waals surface area (Å²) in [6.07, 6.45) is 3.84. The first kappa shape index (κ1) is 14.8. The van der Waals surface area contributed by atoms with E-state index < -0.39 is 0 Å². The van der Waals surface area contributed by atoms with Crippen LogP contribution < -0.4 is 16.3 Å². The van der Waals surface area contributed by atoms with Crippen LogP contribution in [-0.4, -0.2) is 38.7 Å². The largest absolute Gasteiger partial charge is 0.353 e. The molecule has 1 amide bonds. The maximum Gasteiger partial charge on any atom is 0.350 e. The number of amides is 1. The molecule has 7 heteroatoms. The molecular weight excluding hydrogens is 282 g/mol. The third-order valence-corrected chi connectivity index (χ3v) is 4.03. The van der Waals surface area contributed by atoms with Crippen molar-refractivity contribution in [1.82, 2.24) is 24.8 Å². The molecule has 118 valence electrons. The summed E-state index contributed by atoms with van der Waals surface area (Å²) in [4.78, 5) is 24.1. The van der Waals surface area contributed by atoms with Crippen LogP contribution in [0, 0.1) is 0 Å². The third-order valence-electron chi connectivity index (χ3n) is 4.03. The Bertz CT molecular complexity index is 720. The fourth-order valence-corrected chi connectivity index (χ4v) is 2.88. The molecule has 2 N–H and O–H groups in total. The van der Waals surface area contributed by atoms with Gasteiger partial charge in [-0.15, -0.1) is 5.10 Å². The van der Waals surface area contributed by atoms with Crippen LogP contribution >= 0.6 is 0 Å². The van der Waals surface area contributed by atoms with Crippen molar-refractivity contribution in [3.05, 3.63) is 34.9 Å². The van der Waals surface area contributed by atoms with Crippen LogP contribution in [0.1, 0.15) is 26.2 Å². The van der Waals surface area contributed by atoms with Gasteiger partial charge in [-0.1, -0.05) is 6.07 Å². The number of carbonyl (C=O) groups is 1. The molecule has 0 bridgehead atoms. The molecule has 1 saturated heterocycles. The Morgan fingerprint density at radius 3 is 3.14 bits per heavy atom. The van der Waals surface area contributed by atoms with E-state index >= 15 is 0 Å². The Balaban J connectivity index is 1.58. The second-order valence-electron chi connectivity index (χ2n) is 5.83. The molecule has 1 fully saturated rings. The maximum atomic E-state index is 12.1. The van der Waals surface area contributed by atoms with Crippen LogP contribution in [0.25, 0.3) is 5.65 Å². The first-order valence-electron chi connectivity index (χ1n) is 7.70. The molecule has 3 rings (SSSR count). The molecule has 0 aliphatic carbocycles. The molecule has 2 atom stereocenters. The fourth-order valence-electron chi connectivity index (χ4n) is 2.88. The fraction of sp³-hybridized carbons (Fsp3) is 0.533. The summed E-state index contributed by atoms with van der Waals surface area (Å²) in [7, 11) is 0. The van der Waals surface area contributed by atoms with E-state index in [4.69, 9.17) is 0 Å². The average Bonchev–Trinajstić information content (AvgIpc) is 2.82. The predicted octanol–water partition coefficient (Wildman–Crippen LogP) is 0.143. The second kappa shape index (κ2) is 6.31. The van der Waals surface area contributed by atoms with Crippen molar-refractivity contribution in [3.8, 4) is 0 Å². The molecular formula is C15H21N5O2. The van der Waals surface area contributed by atoms with Crippen LogP contribution in [-0.2, 0) is 11.3 Å². The lowest BCUT2D eigenvalue weighted by Gasteiger charge is -2.28. The summed E-state index contributed by atoms with van der Waals surface area (Å²) in [5.74, 6) is -0.0249. The number of fused-ring (bicyclic) bond motifs is 1. The van der Waals surface area contributed by atoms with E-state index in [-0.39, 0.29) is 24.1 Å². The highest BCUT2D eigenvalue weighted by Gasteiger charge is 2.19. The number of hydrogen-bond donors (Lipinski definition) is 2. The molecule has 2 aromatic rings. The van der Waals surface area contributed by atoms with Crippen molar-refractivity contribution in [1.29, 1.82) is 0 Å². The Kier molecular flexibility index (Phi) is 4.24. The first-order valence-corrected chi connectivity index (χ1v) is 7.70. The van der Waals surface area contributed by atoms with Crippen molar-refractivity contribution in [2.45, 2.75) is 44.8 Å².